The summed E-state index contributed by atoms with van der Waals surface area (Å²) in [5.41, 5.74) is 3.47. The van der Waals surface area contributed by atoms with Gasteiger partial charge in [-0.05, 0) is 50.1 Å². The third kappa shape index (κ3) is 5.76. The Labute approximate surface area is 162 Å². The topological polar surface area (TPSA) is 48.8 Å². The van der Waals surface area contributed by atoms with E-state index in [0.717, 1.165) is 56.3 Å². The molecule has 1 unspecified atom stereocenters. The predicted molar refractivity (Wildman–Crippen MR) is 108 cm³/mol. The van der Waals surface area contributed by atoms with Crippen LogP contribution < -0.4 is 4.74 Å². The van der Waals surface area contributed by atoms with E-state index in [1.807, 2.05) is 32.0 Å². The van der Waals surface area contributed by atoms with E-state index < -0.39 is 0 Å². The Bertz CT molecular complexity index is 705. The number of aliphatic hydroxyl groups excluding tert-OH is 1. The van der Waals surface area contributed by atoms with Crippen LogP contribution in [0.1, 0.15) is 30.3 Å². The van der Waals surface area contributed by atoms with Gasteiger partial charge in [0.15, 0.2) is 0 Å². The number of hydrogen-bond acceptors (Lipinski definition) is 5. The van der Waals surface area contributed by atoms with Crippen LogP contribution in [0.15, 0.2) is 42.5 Å². The van der Waals surface area contributed by atoms with E-state index in [0.29, 0.717) is 12.6 Å². The number of aromatic nitrogens is 1. The van der Waals surface area contributed by atoms with Crippen molar-refractivity contribution >= 4 is 0 Å². The van der Waals surface area contributed by atoms with E-state index in [2.05, 4.69) is 39.0 Å². The van der Waals surface area contributed by atoms with E-state index in [1.54, 1.807) is 0 Å². The van der Waals surface area contributed by atoms with Crippen LogP contribution in [0.3, 0.4) is 0 Å². The second-order valence-electron chi connectivity index (χ2n) is 7.22. The molecule has 5 nitrogen and oxygen atoms in total. The highest BCUT2D eigenvalue weighted by atomic mass is 16.5. The largest absolute Gasteiger partial charge is 0.494 e. The summed E-state index contributed by atoms with van der Waals surface area (Å²) < 4.78 is 5.53. The summed E-state index contributed by atoms with van der Waals surface area (Å²) in [6.45, 7) is 9.72. The summed E-state index contributed by atoms with van der Waals surface area (Å²) >= 11 is 0. The van der Waals surface area contributed by atoms with E-state index >= 15 is 0 Å². The summed E-state index contributed by atoms with van der Waals surface area (Å²) in [5, 5.41) is 9.54. The highest BCUT2D eigenvalue weighted by Crippen LogP contribution is 2.20. The Balaban J connectivity index is 1.60. The lowest BCUT2D eigenvalue weighted by Crippen LogP contribution is -2.52. The maximum absolute atomic E-state index is 9.54. The fourth-order valence-corrected chi connectivity index (χ4v) is 3.74. The first-order valence-electron chi connectivity index (χ1n) is 9.89. The Kier molecular flexibility index (Phi) is 7.21. The fraction of sp³-hybridized carbons (Fsp3) is 0.500. The van der Waals surface area contributed by atoms with Gasteiger partial charge in [0, 0.05) is 51.1 Å². The molecule has 146 valence electrons. The summed E-state index contributed by atoms with van der Waals surface area (Å²) in [7, 11) is 0. The van der Waals surface area contributed by atoms with E-state index in [4.69, 9.17) is 4.74 Å². The Morgan fingerprint density at radius 3 is 2.63 bits per heavy atom. The van der Waals surface area contributed by atoms with Crippen LogP contribution in [0.4, 0.5) is 0 Å². The summed E-state index contributed by atoms with van der Waals surface area (Å²) in [6.07, 6.45) is 0.800. The number of hydrogen-bond donors (Lipinski definition) is 1. The van der Waals surface area contributed by atoms with Crippen LogP contribution >= 0.6 is 0 Å². The molecule has 2 aromatic rings. The summed E-state index contributed by atoms with van der Waals surface area (Å²) in [5.74, 6) is 0.920. The molecule has 1 aliphatic heterocycles. The van der Waals surface area contributed by atoms with Crippen molar-refractivity contribution in [1.82, 2.24) is 14.8 Å². The monoisotopic (exact) mass is 369 g/mol. The molecule has 2 heterocycles. The van der Waals surface area contributed by atoms with Gasteiger partial charge in [-0.3, -0.25) is 14.8 Å². The maximum Gasteiger partial charge on any atom is 0.119 e. The molecule has 1 saturated heterocycles. The van der Waals surface area contributed by atoms with Crippen molar-refractivity contribution < 1.29 is 9.84 Å². The number of ether oxygens (including phenoxy) is 1. The molecule has 1 N–H and O–H groups in total. The Morgan fingerprint density at radius 1 is 1.11 bits per heavy atom. The number of rotatable bonds is 8. The van der Waals surface area contributed by atoms with Crippen molar-refractivity contribution in [2.24, 2.45) is 0 Å². The summed E-state index contributed by atoms with van der Waals surface area (Å²) in [4.78, 5) is 9.58. The van der Waals surface area contributed by atoms with E-state index in [1.165, 1.54) is 5.56 Å². The van der Waals surface area contributed by atoms with Gasteiger partial charge in [0.05, 0.1) is 12.3 Å². The molecular formula is C22H31N3O2. The van der Waals surface area contributed by atoms with Crippen molar-refractivity contribution in [3.63, 3.8) is 0 Å². The quantitative estimate of drug-likeness (QED) is 0.775. The van der Waals surface area contributed by atoms with Gasteiger partial charge < -0.3 is 9.84 Å². The molecule has 0 radical (unpaired) electrons. The zero-order valence-electron chi connectivity index (χ0n) is 16.5. The van der Waals surface area contributed by atoms with Crippen molar-refractivity contribution in [2.45, 2.75) is 39.4 Å². The zero-order valence-corrected chi connectivity index (χ0v) is 16.5. The molecule has 27 heavy (non-hydrogen) atoms. The predicted octanol–water partition coefficient (Wildman–Crippen LogP) is 2.86. The van der Waals surface area contributed by atoms with Gasteiger partial charge in [-0.1, -0.05) is 18.2 Å². The molecule has 1 atom stereocenters. The Hall–Kier alpha value is -1.95. The normalized spacial score (nSPS) is 18.6. The maximum atomic E-state index is 9.54. The molecular weight excluding hydrogens is 338 g/mol. The molecule has 0 amide bonds. The second-order valence-corrected chi connectivity index (χ2v) is 7.22. The number of aliphatic hydroxyl groups is 1. The van der Waals surface area contributed by atoms with Crippen molar-refractivity contribution in [2.75, 3.05) is 32.8 Å². The molecule has 1 fully saturated rings. The van der Waals surface area contributed by atoms with E-state index in [9.17, 15) is 5.11 Å². The number of piperazine rings is 1. The van der Waals surface area contributed by atoms with Crippen LogP contribution in [-0.2, 0) is 13.1 Å². The lowest BCUT2D eigenvalue weighted by molar-refractivity contribution is 0.0494. The average molecular weight is 370 g/mol. The van der Waals surface area contributed by atoms with Gasteiger partial charge in [0.25, 0.3) is 0 Å². The van der Waals surface area contributed by atoms with Gasteiger partial charge in [0.1, 0.15) is 5.75 Å². The van der Waals surface area contributed by atoms with Gasteiger partial charge in [-0.15, -0.1) is 0 Å². The van der Waals surface area contributed by atoms with Gasteiger partial charge in [0.2, 0.25) is 0 Å². The van der Waals surface area contributed by atoms with Crippen LogP contribution in [0, 0.1) is 6.92 Å². The number of benzene rings is 1. The molecule has 1 aromatic heterocycles. The summed E-state index contributed by atoms with van der Waals surface area (Å²) in [6, 6.07) is 14.9. The second kappa shape index (κ2) is 9.83. The van der Waals surface area contributed by atoms with Crippen LogP contribution in [0.5, 0.6) is 5.75 Å². The minimum Gasteiger partial charge on any atom is -0.494 e. The number of nitrogens with zero attached hydrogens (tertiary/aromatic N) is 3. The molecule has 3 rings (SSSR count). The Morgan fingerprint density at radius 2 is 1.93 bits per heavy atom. The third-order valence-electron chi connectivity index (χ3n) is 5.10. The molecule has 0 saturated carbocycles. The minimum absolute atomic E-state index is 0.223. The van der Waals surface area contributed by atoms with Crippen molar-refractivity contribution in [3.05, 3.63) is 59.4 Å². The minimum atomic E-state index is 0.223. The molecule has 0 aliphatic carbocycles. The van der Waals surface area contributed by atoms with Gasteiger partial charge in [-0.25, -0.2) is 0 Å². The number of aryl methyl sites for hydroxylation is 1. The first-order valence-corrected chi connectivity index (χ1v) is 9.89. The average Bonchev–Trinajstić information content (AvgIpc) is 2.66. The zero-order chi connectivity index (χ0) is 19.1. The SMILES string of the molecule is CCOc1ccc(CN2CCN(Cc3cccc(C)n3)CC2CCO)cc1. The van der Waals surface area contributed by atoms with Crippen LogP contribution in [0.2, 0.25) is 0 Å². The first-order chi connectivity index (χ1) is 13.2. The lowest BCUT2D eigenvalue weighted by atomic mass is 10.1. The molecule has 1 aromatic carbocycles. The third-order valence-corrected chi connectivity index (χ3v) is 5.10. The fourth-order valence-electron chi connectivity index (χ4n) is 3.74. The number of pyridine rings is 1. The highest BCUT2D eigenvalue weighted by Gasteiger charge is 2.26. The van der Waals surface area contributed by atoms with Crippen LogP contribution in [0.25, 0.3) is 0 Å². The van der Waals surface area contributed by atoms with Crippen molar-refractivity contribution in [3.8, 4) is 5.75 Å². The van der Waals surface area contributed by atoms with Gasteiger partial charge >= 0.3 is 0 Å². The standard InChI is InChI=1S/C22H31N3O2/c1-3-27-22-9-7-19(8-10-22)15-25-13-12-24(17-21(25)11-14-26)16-20-6-4-5-18(2)23-20/h4-10,21,26H,3,11-17H2,1-2H3. The molecule has 0 bridgehead atoms. The highest BCUT2D eigenvalue weighted by molar-refractivity contribution is 5.27. The smallest absolute Gasteiger partial charge is 0.119 e. The first kappa shape index (κ1) is 19.8. The lowest BCUT2D eigenvalue weighted by Gasteiger charge is -2.41. The molecule has 0 spiro atoms. The van der Waals surface area contributed by atoms with E-state index in [-0.39, 0.29) is 6.61 Å². The molecule has 5 heteroatoms. The van der Waals surface area contributed by atoms with Crippen LogP contribution in [-0.4, -0.2) is 58.8 Å². The van der Waals surface area contributed by atoms with Crippen molar-refractivity contribution in [1.29, 1.82) is 0 Å². The van der Waals surface area contributed by atoms with Gasteiger partial charge in [-0.2, -0.15) is 0 Å². The molecule has 1 aliphatic rings.